The molecule has 198 valence electrons. The molecule has 2 amide bonds. The summed E-state index contributed by atoms with van der Waals surface area (Å²) in [5, 5.41) is 20.7. The van der Waals surface area contributed by atoms with Crippen molar-refractivity contribution in [3.8, 4) is 5.69 Å². The van der Waals surface area contributed by atoms with Crippen molar-refractivity contribution in [2.45, 2.75) is 44.3 Å². The van der Waals surface area contributed by atoms with Gasteiger partial charge in [-0.1, -0.05) is 36.4 Å². The number of benzene rings is 2. The largest absolute Gasteiger partial charge is 0.384 e. The summed E-state index contributed by atoms with van der Waals surface area (Å²) in [7, 11) is 0. The maximum absolute atomic E-state index is 12.9. The van der Waals surface area contributed by atoms with Gasteiger partial charge in [-0.25, -0.2) is 4.68 Å². The van der Waals surface area contributed by atoms with E-state index in [2.05, 4.69) is 33.2 Å². The Labute approximate surface area is 228 Å². The second-order valence-electron chi connectivity index (χ2n) is 8.83. The first-order chi connectivity index (χ1) is 16.9. The Balaban J connectivity index is 0.00000241. The monoisotopic (exact) mass is 545 g/mol. The fraction of sp³-hybridized carbons (Fsp3) is 0.308. The molecule has 11 heteroatoms. The van der Waals surface area contributed by atoms with E-state index in [4.69, 9.17) is 11.1 Å². The summed E-state index contributed by atoms with van der Waals surface area (Å²) in [5.74, 6) is -0.189. The Morgan fingerprint density at radius 1 is 1.19 bits per heavy atom. The van der Waals surface area contributed by atoms with E-state index < -0.39 is 6.04 Å². The van der Waals surface area contributed by atoms with Crippen LogP contribution in [0.3, 0.4) is 0 Å². The summed E-state index contributed by atoms with van der Waals surface area (Å²) in [6.45, 7) is 2.74. The van der Waals surface area contributed by atoms with Crippen LogP contribution in [-0.4, -0.2) is 46.1 Å². The predicted molar refractivity (Wildman–Crippen MR) is 149 cm³/mol. The lowest BCUT2D eigenvalue weighted by molar-refractivity contribution is -0.130. The third-order valence-corrected chi connectivity index (χ3v) is 6.31. The number of amides is 2. The zero-order valence-corrected chi connectivity index (χ0v) is 22.1. The number of hydrogen-bond donors (Lipinski definition) is 5. The van der Waals surface area contributed by atoms with Gasteiger partial charge in [0, 0.05) is 24.5 Å². The third kappa shape index (κ3) is 7.79. The molecule has 9 nitrogen and oxygen atoms in total. The van der Waals surface area contributed by atoms with Crippen molar-refractivity contribution in [2.75, 3.05) is 6.54 Å². The predicted octanol–water partition coefficient (Wildman–Crippen LogP) is 2.66. The highest BCUT2D eigenvalue weighted by molar-refractivity contribution is 5.95. The van der Waals surface area contributed by atoms with Gasteiger partial charge in [-0.15, -0.1) is 24.8 Å². The average molecular weight is 547 g/mol. The molecule has 1 aliphatic rings. The lowest BCUT2D eigenvalue weighted by Gasteiger charge is -2.30. The van der Waals surface area contributed by atoms with E-state index in [-0.39, 0.29) is 54.4 Å². The van der Waals surface area contributed by atoms with Crippen LogP contribution in [0.25, 0.3) is 5.69 Å². The zero-order chi connectivity index (χ0) is 24.8. The molecule has 0 spiro atoms. The first kappa shape index (κ1) is 29.8. The van der Waals surface area contributed by atoms with Gasteiger partial charge in [0.05, 0.1) is 11.7 Å². The highest BCUT2D eigenvalue weighted by Gasteiger charge is 2.29. The number of hydrogen-bond acceptors (Lipinski definition) is 5. The lowest BCUT2D eigenvalue weighted by Crippen LogP contribution is -2.53. The average Bonchev–Trinajstić information content (AvgIpc) is 3.43. The Morgan fingerprint density at radius 2 is 1.95 bits per heavy atom. The van der Waals surface area contributed by atoms with Gasteiger partial charge >= 0.3 is 0 Å². The van der Waals surface area contributed by atoms with Crippen molar-refractivity contribution in [2.24, 2.45) is 5.73 Å². The van der Waals surface area contributed by atoms with Gasteiger partial charge in [0.2, 0.25) is 11.8 Å². The van der Waals surface area contributed by atoms with Gasteiger partial charge in [0.25, 0.3) is 0 Å². The number of aromatic nitrogens is 2. The molecule has 2 heterocycles. The first-order valence-corrected chi connectivity index (χ1v) is 11.8. The van der Waals surface area contributed by atoms with Crippen LogP contribution in [0.15, 0.2) is 67.0 Å². The molecular formula is C26H33Cl2N7O2. The van der Waals surface area contributed by atoms with Crippen LogP contribution in [0.2, 0.25) is 0 Å². The molecule has 1 saturated heterocycles. The summed E-state index contributed by atoms with van der Waals surface area (Å²) in [4.78, 5) is 25.5. The molecule has 3 atom stereocenters. The van der Waals surface area contributed by atoms with Crippen molar-refractivity contribution >= 4 is 42.5 Å². The number of nitrogens with one attached hydrogen (secondary N) is 4. The van der Waals surface area contributed by atoms with Crippen molar-refractivity contribution in [3.63, 3.8) is 0 Å². The summed E-state index contributed by atoms with van der Waals surface area (Å²) in [6.07, 6.45) is 5.25. The zero-order valence-electron chi connectivity index (χ0n) is 20.5. The normalized spacial score (nSPS) is 17.4. The molecule has 0 bridgehead atoms. The molecule has 6 N–H and O–H groups in total. The number of rotatable bonds is 8. The van der Waals surface area contributed by atoms with Gasteiger partial charge < -0.3 is 21.7 Å². The van der Waals surface area contributed by atoms with Crippen molar-refractivity contribution < 1.29 is 9.59 Å². The number of nitrogens with zero attached hydrogens (tertiary/aromatic N) is 2. The molecule has 4 rings (SSSR count). The van der Waals surface area contributed by atoms with Gasteiger partial charge in [-0.05, 0) is 61.6 Å². The number of carbonyl (C=O) groups is 2. The van der Waals surface area contributed by atoms with E-state index in [0.717, 1.165) is 24.2 Å². The van der Waals surface area contributed by atoms with Crippen LogP contribution in [-0.2, 0) is 16.1 Å². The van der Waals surface area contributed by atoms with Crippen LogP contribution in [0.5, 0.6) is 0 Å². The number of amidine groups is 1. The molecule has 2 aromatic carbocycles. The Morgan fingerprint density at radius 3 is 2.62 bits per heavy atom. The third-order valence-electron chi connectivity index (χ3n) is 6.31. The number of nitrogens with two attached hydrogens (primary N) is 1. The standard InChI is InChI=1S/C26H31N7O2.2ClH/c1-17(25(34)30-16-18-6-8-19(9-7-18)24(27)28)32-26(35)23-15-21(10-12-29-23)20-4-2-5-22(14-20)33-13-3-11-31-33;;/h2-9,11,13-14,17,21,23,29H,10,12,15-16H2,1H3,(H3,27,28)(H,30,34)(H,32,35);2*1H/t17?,21-,23+;;/m0../s1. The second-order valence-corrected chi connectivity index (χ2v) is 8.83. The molecule has 37 heavy (non-hydrogen) atoms. The number of carbonyl (C=O) groups excluding carboxylic acids is 2. The van der Waals surface area contributed by atoms with E-state index in [0.29, 0.717) is 18.5 Å². The minimum Gasteiger partial charge on any atom is -0.384 e. The van der Waals surface area contributed by atoms with Gasteiger partial charge in [0.15, 0.2) is 0 Å². The van der Waals surface area contributed by atoms with Crippen LogP contribution in [0, 0.1) is 5.41 Å². The molecule has 1 aromatic heterocycles. The molecule has 0 saturated carbocycles. The molecule has 0 aliphatic carbocycles. The summed E-state index contributed by atoms with van der Waals surface area (Å²) in [6, 6.07) is 16.2. The van der Waals surface area contributed by atoms with Crippen LogP contribution in [0.4, 0.5) is 0 Å². The fourth-order valence-electron chi connectivity index (χ4n) is 4.29. The maximum Gasteiger partial charge on any atom is 0.242 e. The minimum absolute atomic E-state index is 0. The summed E-state index contributed by atoms with van der Waals surface area (Å²) >= 11 is 0. The van der Waals surface area contributed by atoms with E-state index in [9.17, 15) is 9.59 Å². The van der Waals surface area contributed by atoms with Crippen LogP contribution in [0.1, 0.15) is 42.4 Å². The Hall–Kier alpha value is -3.40. The topological polar surface area (TPSA) is 138 Å². The van der Waals surface area contributed by atoms with Crippen molar-refractivity contribution in [3.05, 3.63) is 83.7 Å². The van der Waals surface area contributed by atoms with Gasteiger partial charge in [-0.2, -0.15) is 5.10 Å². The molecule has 3 aromatic rings. The van der Waals surface area contributed by atoms with E-state index in [1.165, 1.54) is 5.56 Å². The lowest BCUT2D eigenvalue weighted by atomic mass is 9.86. The Kier molecular flexibility index (Phi) is 11.1. The van der Waals surface area contributed by atoms with Crippen molar-refractivity contribution in [1.29, 1.82) is 5.41 Å². The highest BCUT2D eigenvalue weighted by atomic mass is 35.5. The first-order valence-electron chi connectivity index (χ1n) is 11.8. The second kappa shape index (κ2) is 13.8. The van der Waals surface area contributed by atoms with E-state index >= 15 is 0 Å². The number of nitrogen functional groups attached to an aromatic ring is 1. The number of piperidine rings is 1. The number of halogens is 2. The van der Waals surface area contributed by atoms with Crippen LogP contribution >= 0.6 is 24.8 Å². The van der Waals surface area contributed by atoms with Gasteiger partial charge in [0.1, 0.15) is 11.9 Å². The summed E-state index contributed by atoms with van der Waals surface area (Å²) < 4.78 is 1.83. The fourth-order valence-corrected chi connectivity index (χ4v) is 4.29. The summed E-state index contributed by atoms with van der Waals surface area (Å²) in [5.41, 5.74) is 9.16. The van der Waals surface area contributed by atoms with Crippen LogP contribution < -0.4 is 21.7 Å². The maximum atomic E-state index is 12.9. The molecular weight excluding hydrogens is 513 g/mol. The van der Waals surface area contributed by atoms with Crippen molar-refractivity contribution in [1.82, 2.24) is 25.7 Å². The minimum atomic E-state index is -0.663. The molecule has 0 radical (unpaired) electrons. The SMILES string of the molecule is CC(NC(=O)[C@H]1C[C@@H](c2cccc(-n3cccn3)c2)CCN1)C(=O)NCc1ccc(C(=N)N)cc1.Cl.Cl. The smallest absolute Gasteiger partial charge is 0.242 e. The molecule has 1 fully saturated rings. The Bertz CT molecular complexity index is 1190. The van der Waals surface area contributed by atoms with Gasteiger partial charge in [-0.3, -0.25) is 15.0 Å². The molecule has 1 unspecified atom stereocenters. The van der Waals surface area contributed by atoms with E-state index in [1.54, 1.807) is 25.3 Å². The van der Waals surface area contributed by atoms with E-state index in [1.807, 2.05) is 41.2 Å². The quantitative estimate of drug-likeness (QED) is 0.219. The highest BCUT2D eigenvalue weighted by Crippen LogP contribution is 2.29. The molecule has 1 aliphatic heterocycles.